The number of aliphatic carboxylic acids is 2. The van der Waals surface area contributed by atoms with Gasteiger partial charge < -0.3 is 15.9 Å². The van der Waals surface area contributed by atoms with Crippen LogP contribution in [0.15, 0.2) is 30.4 Å². The molecular weight excluding hydrogens is 222 g/mol. The van der Waals surface area contributed by atoms with E-state index in [0.29, 0.717) is 16.8 Å². The summed E-state index contributed by atoms with van der Waals surface area (Å²) >= 11 is 0. The Bertz CT molecular complexity index is 503. The van der Waals surface area contributed by atoms with Crippen molar-refractivity contribution in [3.05, 3.63) is 41.5 Å². The summed E-state index contributed by atoms with van der Waals surface area (Å²) in [6, 6.07) is 4.84. The third kappa shape index (κ3) is 4.21. The first-order chi connectivity index (χ1) is 7.99. The van der Waals surface area contributed by atoms with E-state index in [9.17, 15) is 9.59 Å². The molecule has 0 unspecified atom stereocenters. The second-order valence-electron chi connectivity index (χ2n) is 3.23. The first kappa shape index (κ1) is 12.5. The maximum atomic E-state index is 10.4. The number of carboxylic acids is 2. The number of anilines is 1. The summed E-state index contributed by atoms with van der Waals surface area (Å²) in [5.74, 6) is -2.12. The number of hydrogen-bond acceptors (Lipinski definition) is 3. The zero-order valence-electron chi connectivity index (χ0n) is 8.83. The van der Waals surface area contributed by atoms with Gasteiger partial charge in [0.1, 0.15) is 0 Å². The summed E-state index contributed by atoms with van der Waals surface area (Å²) in [4.78, 5) is 20.7. The third-order valence-electron chi connectivity index (χ3n) is 1.93. The molecule has 1 rings (SSSR count). The monoisotopic (exact) mass is 233 g/mol. The Morgan fingerprint density at radius 1 is 1.06 bits per heavy atom. The Labute approximate surface area is 97.5 Å². The molecule has 5 nitrogen and oxygen atoms in total. The molecule has 0 aliphatic carbocycles. The summed E-state index contributed by atoms with van der Waals surface area (Å²) in [6.07, 6.45) is 4.72. The number of nitrogen functional groups attached to an aromatic ring is 1. The highest BCUT2D eigenvalue weighted by Gasteiger charge is 1.98. The average Bonchev–Trinajstić information content (AvgIpc) is 2.26. The van der Waals surface area contributed by atoms with Crippen LogP contribution in [-0.2, 0) is 9.59 Å². The third-order valence-corrected chi connectivity index (χ3v) is 1.93. The Balaban J connectivity index is 3.02. The van der Waals surface area contributed by atoms with Crippen molar-refractivity contribution in [1.82, 2.24) is 0 Å². The quantitative estimate of drug-likeness (QED) is 0.540. The van der Waals surface area contributed by atoms with Gasteiger partial charge in [-0.3, -0.25) is 0 Å². The Morgan fingerprint density at radius 2 is 1.65 bits per heavy atom. The number of rotatable bonds is 4. The van der Waals surface area contributed by atoms with Gasteiger partial charge in [0.05, 0.1) is 0 Å². The molecule has 1 aromatic carbocycles. The van der Waals surface area contributed by atoms with Crippen LogP contribution < -0.4 is 5.73 Å². The zero-order valence-corrected chi connectivity index (χ0v) is 8.83. The summed E-state index contributed by atoms with van der Waals surface area (Å²) < 4.78 is 0. The molecule has 4 N–H and O–H groups in total. The summed E-state index contributed by atoms with van der Waals surface area (Å²) in [6.45, 7) is 0. The smallest absolute Gasteiger partial charge is 0.328 e. The van der Waals surface area contributed by atoms with E-state index >= 15 is 0 Å². The van der Waals surface area contributed by atoms with Crippen LogP contribution in [0.2, 0.25) is 0 Å². The van der Waals surface area contributed by atoms with Gasteiger partial charge in [-0.05, 0) is 35.4 Å². The van der Waals surface area contributed by atoms with Crippen LogP contribution in [0.3, 0.4) is 0 Å². The fourth-order valence-corrected chi connectivity index (χ4v) is 1.17. The fraction of sp³-hybridized carbons (Fsp3) is 0. The maximum absolute atomic E-state index is 10.4. The molecule has 5 heteroatoms. The average molecular weight is 233 g/mol. The van der Waals surface area contributed by atoms with Gasteiger partial charge in [0, 0.05) is 17.8 Å². The van der Waals surface area contributed by atoms with Crippen LogP contribution in [-0.4, -0.2) is 22.2 Å². The highest BCUT2D eigenvalue weighted by Crippen LogP contribution is 2.16. The van der Waals surface area contributed by atoms with E-state index in [-0.39, 0.29) is 0 Å². The Kier molecular flexibility index (Phi) is 4.05. The lowest BCUT2D eigenvalue weighted by atomic mass is 10.1. The highest BCUT2D eigenvalue weighted by atomic mass is 16.4. The normalized spacial score (nSPS) is 11.1. The van der Waals surface area contributed by atoms with Crippen molar-refractivity contribution < 1.29 is 19.8 Å². The van der Waals surface area contributed by atoms with E-state index in [2.05, 4.69) is 0 Å². The lowest BCUT2D eigenvalue weighted by Gasteiger charge is -2.01. The molecule has 0 aliphatic rings. The van der Waals surface area contributed by atoms with Gasteiger partial charge in [-0.15, -0.1) is 0 Å². The van der Waals surface area contributed by atoms with Crippen LogP contribution in [0.5, 0.6) is 0 Å². The molecule has 17 heavy (non-hydrogen) atoms. The number of benzene rings is 1. The molecule has 0 spiro atoms. The topological polar surface area (TPSA) is 101 Å². The lowest BCUT2D eigenvalue weighted by molar-refractivity contribution is -0.132. The van der Waals surface area contributed by atoms with Gasteiger partial charge in [0.2, 0.25) is 0 Å². The molecule has 0 aliphatic heterocycles. The molecule has 0 saturated heterocycles. The van der Waals surface area contributed by atoms with Crippen molar-refractivity contribution in [2.75, 3.05) is 5.73 Å². The molecule has 0 fully saturated rings. The van der Waals surface area contributed by atoms with Crippen molar-refractivity contribution in [2.45, 2.75) is 0 Å². The van der Waals surface area contributed by atoms with Gasteiger partial charge >= 0.3 is 11.9 Å². The lowest BCUT2D eigenvalue weighted by Crippen LogP contribution is -1.92. The first-order valence-electron chi connectivity index (χ1n) is 4.70. The minimum Gasteiger partial charge on any atom is -0.478 e. The maximum Gasteiger partial charge on any atom is 0.328 e. The number of nitrogens with two attached hydrogens (primary N) is 1. The predicted octanol–water partition coefficient (Wildman–Crippen LogP) is 1.46. The predicted molar refractivity (Wildman–Crippen MR) is 64.2 cm³/mol. The van der Waals surface area contributed by atoms with Gasteiger partial charge in [0.25, 0.3) is 0 Å². The van der Waals surface area contributed by atoms with Crippen molar-refractivity contribution in [2.24, 2.45) is 0 Å². The van der Waals surface area contributed by atoms with Crippen molar-refractivity contribution in [1.29, 1.82) is 0 Å². The molecular formula is C12H11NO4. The fourth-order valence-electron chi connectivity index (χ4n) is 1.17. The minimum atomic E-state index is -1.07. The van der Waals surface area contributed by atoms with E-state index in [1.807, 2.05) is 0 Å². The summed E-state index contributed by atoms with van der Waals surface area (Å²) in [7, 11) is 0. The Morgan fingerprint density at radius 3 is 2.24 bits per heavy atom. The van der Waals surface area contributed by atoms with Gasteiger partial charge in [-0.1, -0.05) is 6.07 Å². The summed E-state index contributed by atoms with van der Waals surface area (Å²) in [5.41, 5.74) is 7.23. The highest BCUT2D eigenvalue weighted by molar-refractivity contribution is 5.88. The molecule has 0 atom stereocenters. The van der Waals surface area contributed by atoms with Crippen LogP contribution in [0.1, 0.15) is 11.1 Å². The van der Waals surface area contributed by atoms with Gasteiger partial charge in [0.15, 0.2) is 0 Å². The molecule has 0 aromatic heterocycles. The molecule has 0 amide bonds. The largest absolute Gasteiger partial charge is 0.478 e. The van der Waals surface area contributed by atoms with Crippen LogP contribution in [0.4, 0.5) is 5.69 Å². The van der Waals surface area contributed by atoms with Crippen molar-refractivity contribution in [3.63, 3.8) is 0 Å². The number of carbonyl (C=O) groups is 2. The van der Waals surface area contributed by atoms with Crippen LogP contribution in [0.25, 0.3) is 12.2 Å². The van der Waals surface area contributed by atoms with E-state index in [1.165, 1.54) is 12.2 Å². The molecule has 0 heterocycles. The van der Waals surface area contributed by atoms with Gasteiger partial charge in [-0.2, -0.15) is 0 Å². The van der Waals surface area contributed by atoms with Crippen molar-refractivity contribution >= 4 is 29.8 Å². The van der Waals surface area contributed by atoms with Crippen LogP contribution in [0, 0.1) is 0 Å². The van der Waals surface area contributed by atoms with Crippen LogP contribution >= 0.6 is 0 Å². The minimum absolute atomic E-state index is 0.426. The number of hydrogen-bond donors (Lipinski definition) is 3. The Hall–Kier alpha value is -2.56. The molecule has 0 bridgehead atoms. The standard InChI is InChI=1S/C12H11NO4/c13-10-4-1-8(2-5-11(14)15)7-9(10)3-6-12(16)17/h1-7H,13H2,(H,14,15)(H,16,17). The molecule has 88 valence electrons. The number of carboxylic acid groups (broad SMARTS) is 2. The van der Waals surface area contributed by atoms with E-state index in [0.717, 1.165) is 12.2 Å². The van der Waals surface area contributed by atoms with E-state index < -0.39 is 11.9 Å². The molecule has 1 aromatic rings. The second kappa shape index (κ2) is 5.50. The van der Waals surface area contributed by atoms with E-state index in [4.69, 9.17) is 15.9 Å². The molecule has 0 saturated carbocycles. The van der Waals surface area contributed by atoms with Gasteiger partial charge in [-0.25, -0.2) is 9.59 Å². The van der Waals surface area contributed by atoms with E-state index in [1.54, 1.807) is 18.2 Å². The second-order valence-corrected chi connectivity index (χ2v) is 3.23. The van der Waals surface area contributed by atoms with Crippen molar-refractivity contribution in [3.8, 4) is 0 Å². The molecule has 0 radical (unpaired) electrons. The zero-order chi connectivity index (χ0) is 12.8. The summed E-state index contributed by atoms with van der Waals surface area (Å²) in [5, 5.41) is 17.0. The first-order valence-corrected chi connectivity index (χ1v) is 4.70. The SMILES string of the molecule is Nc1ccc(C=CC(=O)O)cc1C=CC(=O)O.